The zero-order valence-electron chi connectivity index (χ0n) is 9.69. The van der Waals surface area contributed by atoms with Crippen LogP contribution in [-0.4, -0.2) is 18.6 Å². The Morgan fingerprint density at radius 1 is 1.56 bits per heavy atom. The highest BCUT2D eigenvalue weighted by atomic mass is 16.5. The van der Waals surface area contributed by atoms with Crippen LogP contribution in [0.3, 0.4) is 0 Å². The van der Waals surface area contributed by atoms with Crippen molar-refractivity contribution in [1.82, 2.24) is 5.32 Å². The molecule has 0 aromatic heterocycles. The maximum atomic E-state index is 10.8. The van der Waals surface area contributed by atoms with Gasteiger partial charge in [0.1, 0.15) is 5.75 Å². The molecule has 0 spiro atoms. The molecule has 16 heavy (non-hydrogen) atoms. The van der Waals surface area contributed by atoms with Gasteiger partial charge in [0, 0.05) is 6.54 Å². The second-order valence-electron chi connectivity index (χ2n) is 3.59. The van der Waals surface area contributed by atoms with E-state index < -0.39 is 0 Å². The highest BCUT2D eigenvalue weighted by Crippen LogP contribution is 2.13. The Bertz CT molecular complexity index is 353. The van der Waals surface area contributed by atoms with E-state index in [2.05, 4.69) is 5.32 Å². The van der Waals surface area contributed by atoms with E-state index in [9.17, 15) is 4.79 Å². The van der Waals surface area contributed by atoms with Gasteiger partial charge in [0.25, 0.3) is 0 Å². The zero-order chi connectivity index (χ0) is 12.0. The van der Waals surface area contributed by atoms with Crippen molar-refractivity contribution in [3.8, 4) is 5.75 Å². The molecule has 4 heteroatoms. The van der Waals surface area contributed by atoms with Crippen molar-refractivity contribution in [2.45, 2.75) is 26.4 Å². The molecule has 0 saturated carbocycles. The summed E-state index contributed by atoms with van der Waals surface area (Å²) >= 11 is 0. The number of amides is 1. The van der Waals surface area contributed by atoms with Crippen LogP contribution in [0.1, 0.15) is 19.4 Å². The second kappa shape index (κ2) is 6.12. The average molecular weight is 222 g/mol. The lowest BCUT2D eigenvalue weighted by molar-refractivity contribution is -0.119. The van der Waals surface area contributed by atoms with Crippen LogP contribution < -0.4 is 15.8 Å². The van der Waals surface area contributed by atoms with Gasteiger partial charge in [0.2, 0.25) is 5.91 Å². The molecule has 1 aromatic rings. The Kier molecular flexibility index (Phi) is 4.79. The summed E-state index contributed by atoms with van der Waals surface area (Å²) in [5.41, 5.74) is 6.22. The Morgan fingerprint density at radius 3 is 2.94 bits per heavy atom. The summed E-state index contributed by atoms with van der Waals surface area (Å²) in [5, 5.41) is 3.04. The Balaban J connectivity index is 2.53. The minimum absolute atomic E-state index is 0.323. The summed E-state index contributed by atoms with van der Waals surface area (Å²) in [4.78, 5) is 10.8. The van der Waals surface area contributed by atoms with E-state index in [1.807, 2.05) is 31.2 Å². The number of nitrogens with two attached hydrogens (primary N) is 1. The normalized spacial score (nSPS) is 12.1. The molecule has 4 nitrogen and oxygen atoms in total. The lowest BCUT2D eigenvalue weighted by Crippen LogP contribution is -2.38. The van der Waals surface area contributed by atoms with Crippen molar-refractivity contribution in [1.29, 1.82) is 0 Å². The van der Waals surface area contributed by atoms with E-state index in [-0.39, 0.29) is 11.9 Å². The van der Waals surface area contributed by atoms with Gasteiger partial charge in [-0.2, -0.15) is 0 Å². The van der Waals surface area contributed by atoms with Crippen LogP contribution >= 0.6 is 0 Å². The summed E-state index contributed by atoms with van der Waals surface area (Å²) in [6.07, 6.45) is 0. The van der Waals surface area contributed by atoms with Gasteiger partial charge in [0.15, 0.2) is 0 Å². The van der Waals surface area contributed by atoms with Gasteiger partial charge in [-0.25, -0.2) is 0 Å². The first-order chi connectivity index (χ1) is 7.63. The van der Waals surface area contributed by atoms with Crippen molar-refractivity contribution in [2.75, 3.05) is 6.61 Å². The number of hydrogen-bond donors (Lipinski definition) is 2. The highest BCUT2D eigenvalue weighted by molar-refractivity contribution is 5.79. The molecule has 1 unspecified atom stereocenters. The van der Waals surface area contributed by atoms with Crippen LogP contribution in [0.5, 0.6) is 5.75 Å². The molecule has 1 atom stereocenters. The minimum Gasteiger partial charge on any atom is -0.494 e. The number of ether oxygens (including phenoxy) is 1. The number of hydrogen-bond acceptors (Lipinski definition) is 3. The van der Waals surface area contributed by atoms with Crippen molar-refractivity contribution in [3.63, 3.8) is 0 Å². The first-order valence-corrected chi connectivity index (χ1v) is 5.38. The molecule has 1 aromatic carbocycles. The fourth-order valence-corrected chi connectivity index (χ4v) is 1.28. The maximum absolute atomic E-state index is 10.8. The fourth-order valence-electron chi connectivity index (χ4n) is 1.28. The third-order valence-corrected chi connectivity index (χ3v) is 2.25. The van der Waals surface area contributed by atoms with Crippen molar-refractivity contribution in [2.24, 2.45) is 5.73 Å². The highest BCUT2D eigenvalue weighted by Gasteiger charge is 2.07. The van der Waals surface area contributed by atoms with Crippen LogP contribution in [0.15, 0.2) is 24.3 Å². The maximum Gasteiger partial charge on any atom is 0.234 e. The Morgan fingerprint density at radius 2 is 2.31 bits per heavy atom. The quantitative estimate of drug-likeness (QED) is 0.756. The van der Waals surface area contributed by atoms with Gasteiger partial charge in [-0.05, 0) is 31.5 Å². The van der Waals surface area contributed by atoms with Gasteiger partial charge in [-0.15, -0.1) is 0 Å². The monoisotopic (exact) mass is 222 g/mol. The number of nitrogens with one attached hydrogen (secondary N) is 1. The molecular formula is C12H18N2O2. The molecule has 1 rings (SSSR count). The number of primary amides is 1. The van der Waals surface area contributed by atoms with Crippen molar-refractivity contribution < 1.29 is 9.53 Å². The molecular weight excluding hydrogens is 204 g/mol. The summed E-state index contributed by atoms with van der Waals surface area (Å²) < 4.78 is 5.38. The molecule has 3 N–H and O–H groups in total. The smallest absolute Gasteiger partial charge is 0.234 e. The molecule has 1 amide bonds. The van der Waals surface area contributed by atoms with Crippen LogP contribution in [0.25, 0.3) is 0 Å². The van der Waals surface area contributed by atoms with Crippen LogP contribution in [0, 0.1) is 0 Å². The predicted molar refractivity (Wildman–Crippen MR) is 63.1 cm³/mol. The first-order valence-electron chi connectivity index (χ1n) is 5.38. The van der Waals surface area contributed by atoms with Crippen LogP contribution in [-0.2, 0) is 11.3 Å². The van der Waals surface area contributed by atoms with E-state index in [4.69, 9.17) is 10.5 Å². The van der Waals surface area contributed by atoms with Crippen molar-refractivity contribution >= 4 is 5.91 Å². The Labute approximate surface area is 95.8 Å². The van der Waals surface area contributed by atoms with Crippen LogP contribution in [0.2, 0.25) is 0 Å². The summed E-state index contributed by atoms with van der Waals surface area (Å²) in [6, 6.07) is 7.44. The molecule has 0 heterocycles. The molecule has 0 bridgehead atoms. The first kappa shape index (κ1) is 12.5. The third kappa shape index (κ3) is 3.90. The summed E-state index contributed by atoms with van der Waals surface area (Å²) in [7, 11) is 0. The molecule has 0 radical (unpaired) electrons. The molecule has 88 valence electrons. The molecule has 0 aliphatic carbocycles. The minimum atomic E-state index is -0.346. The summed E-state index contributed by atoms with van der Waals surface area (Å²) in [6.45, 7) is 4.94. The SMILES string of the molecule is CCOc1cccc(CNC(C)C(N)=O)c1. The Hall–Kier alpha value is -1.55. The topological polar surface area (TPSA) is 64.3 Å². The van der Waals surface area contributed by atoms with E-state index in [0.717, 1.165) is 11.3 Å². The second-order valence-corrected chi connectivity index (χ2v) is 3.59. The fraction of sp³-hybridized carbons (Fsp3) is 0.417. The number of benzene rings is 1. The predicted octanol–water partition coefficient (Wildman–Crippen LogP) is 1.05. The largest absolute Gasteiger partial charge is 0.494 e. The van der Waals surface area contributed by atoms with E-state index in [1.54, 1.807) is 6.92 Å². The van der Waals surface area contributed by atoms with Gasteiger partial charge in [-0.1, -0.05) is 12.1 Å². The molecule has 0 aliphatic heterocycles. The van der Waals surface area contributed by atoms with Crippen molar-refractivity contribution in [3.05, 3.63) is 29.8 Å². The van der Waals surface area contributed by atoms with Crippen LogP contribution in [0.4, 0.5) is 0 Å². The lowest BCUT2D eigenvalue weighted by atomic mass is 10.2. The third-order valence-electron chi connectivity index (χ3n) is 2.25. The van der Waals surface area contributed by atoms with E-state index in [1.165, 1.54) is 0 Å². The lowest BCUT2D eigenvalue weighted by Gasteiger charge is -2.10. The number of carbonyl (C=O) groups excluding carboxylic acids is 1. The van der Waals surface area contributed by atoms with Gasteiger partial charge in [-0.3, -0.25) is 4.79 Å². The number of rotatable bonds is 6. The van der Waals surface area contributed by atoms with Gasteiger partial charge < -0.3 is 15.8 Å². The molecule has 0 fully saturated rings. The standard InChI is InChI=1S/C12H18N2O2/c1-3-16-11-6-4-5-10(7-11)8-14-9(2)12(13)15/h4-7,9,14H,3,8H2,1-2H3,(H2,13,15). The summed E-state index contributed by atoms with van der Waals surface area (Å²) in [5.74, 6) is 0.495. The van der Waals surface area contributed by atoms with E-state index in [0.29, 0.717) is 13.2 Å². The van der Waals surface area contributed by atoms with E-state index >= 15 is 0 Å². The zero-order valence-corrected chi connectivity index (χ0v) is 9.69. The van der Waals surface area contributed by atoms with Gasteiger partial charge in [0.05, 0.1) is 12.6 Å². The molecule has 0 saturated heterocycles. The number of carbonyl (C=O) groups is 1. The average Bonchev–Trinajstić information content (AvgIpc) is 2.26. The molecule has 0 aliphatic rings. The van der Waals surface area contributed by atoms with Gasteiger partial charge >= 0.3 is 0 Å².